The minimum atomic E-state index is -0.758. The molecule has 2 aromatic rings. The van der Waals surface area contributed by atoms with Gasteiger partial charge in [0, 0.05) is 13.1 Å². The first-order chi connectivity index (χ1) is 9.61. The molecule has 0 bridgehead atoms. The number of aliphatic carboxylic acids is 1. The van der Waals surface area contributed by atoms with Gasteiger partial charge in [-0.15, -0.1) is 0 Å². The molecular formula is C14H15N3O3. The van der Waals surface area contributed by atoms with E-state index in [1.54, 1.807) is 6.07 Å². The van der Waals surface area contributed by atoms with E-state index in [0.29, 0.717) is 23.3 Å². The molecule has 6 heteroatoms. The molecule has 1 fully saturated rings. The van der Waals surface area contributed by atoms with Crippen molar-refractivity contribution in [1.82, 2.24) is 14.9 Å². The first-order valence-electron chi connectivity index (χ1n) is 6.54. The maximum Gasteiger partial charge on any atom is 0.303 e. The third kappa shape index (κ3) is 2.55. The number of carbonyl (C=O) groups is 1. The maximum absolute atomic E-state index is 11.9. The molecule has 1 aliphatic rings. The Morgan fingerprint density at radius 3 is 2.90 bits per heavy atom. The van der Waals surface area contributed by atoms with Crippen LogP contribution in [0.1, 0.15) is 12.2 Å². The Hall–Kier alpha value is -2.21. The summed E-state index contributed by atoms with van der Waals surface area (Å²) in [4.78, 5) is 31.8. The second kappa shape index (κ2) is 5.05. The van der Waals surface area contributed by atoms with Crippen molar-refractivity contribution in [2.45, 2.75) is 13.0 Å². The van der Waals surface area contributed by atoms with Crippen molar-refractivity contribution < 1.29 is 9.90 Å². The first kappa shape index (κ1) is 12.8. The van der Waals surface area contributed by atoms with Crippen LogP contribution >= 0.6 is 0 Å². The lowest BCUT2D eigenvalue weighted by atomic mass is 9.96. The summed E-state index contributed by atoms with van der Waals surface area (Å²) in [6.45, 7) is 2.03. The van der Waals surface area contributed by atoms with Gasteiger partial charge in [0.15, 0.2) is 0 Å². The molecular weight excluding hydrogens is 258 g/mol. The highest BCUT2D eigenvalue weighted by molar-refractivity contribution is 5.77. The van der Waals surface area contributed by atoms with Gasteiger partial charge in [-0.2, -0.15) is 0 Å². The molecule has 1 aromatic carbocycles. The lowest BCUT2D eigenvalue weighted by Gasteiger charge is -2.38. The Labute approximate surface area is 115 Å². The summed E-state index contributed by atoms with van der Waals surface area (Å²) in [5, 5.41) is 9.29. The Morgan fingerprint density at radius 2 is 2.15 bits per heavy atom. The number of hydrogen-bond donors (Lipinski definition) is 2. The molecule has 104 valence electrons. The number of hydrogen-bond acceptors (Lipinski definition) is 4. The average Bonchev–Trinajstić information content (AvgIpc) is 2.36. The molecule has 0 saturated carbocycles. The Balaban J connectivity index is 1.70. The molecule has 6 nitrogen and oxygen atoms in total. The van der Waals surface area contributed by atoms with Gasteiger partial charge in [0.25, 0.3) is 5.56 Å². The number of carboxylic acids is 1. The predicted octanol–water partition coefficient (Wildman–Crippen LogP) is 0.830. The minimum Gasteiger partial charge on any atom is -0.481 e. The number of para-hydroxylation sites is 1. The quantitative estimate of drug-likeness (QED) is 0.861. The van der Waals surface area contributed by atoms with Gasteiger partial charge in [-0.25, -0.2) is 4.98 Å². The highest BCUT2D eigenvalue weighted by Crippen LogP contribution is 2.20. The Morgan fingerprint density at radius 1 is 1.40 bits per heavy atom. The number of benzene rings is 1. The van der Waals surface area contributed by atoms with Gasteiger partial charge in [-0.1, -0.05) is 12.1 Å². The molecule has 1 saturated heterocycles. The van der Waals surface area contributed by atoms with E-state index in [1.165, 1.54) is 0 Å². The summed E-state index contributed by atoms with van der Waals surface area (Å²) in [6.07, 6.45) is 0.207. The zero-order valence-corrected chi connectivity index (χ0v) is 10.9. The normalized spacial score (nSPS) is 16.2. The number of nitrogens with one attached hydrogen (secondary N) is 1. The molecule has 1 aliphatic heterocycles. The topological polar surface area (TPSA) is 86.3 Å². The molecule has 2 heterocycles. The summed E-state index contributed by atoms with van der Waals surface area (Å²) in [7, 11) is 0. The van der Waals surface area contributed by atoms with Gasteiger partial charge in [-0.05, 0) is 18.1 Å². The van der Waals surface area contributed by atoms with Crippen LogP contribution in [-0.2, 0) is 11.3 Å². The van der Waals surface area contributed by atoms with Crippen LogP contribution in [0, 0.1) is 5.92 Å². The monoisotopic (exact) mass is 273 g/mol. The fourth-order valence-electron chi connectivity index (χ4n) is 2.60. The number of nitrogens with zero attached hydrogens (tertiary/aromatic N) is 2. The van der Waals surface area contributed by atoms with Crippen LogP contribution in [0.15, 0.2) is 29.1 Å². The minimum absolute atomic E-state index is 0.131. The van der Waals surface area contributed by atoms with Crippen LogP contribution < -0.4 is 5.56 Å². The summed E-state index contributed by atoms with van der Waals surface area (Å²) < 4.78 is 0. The van der Waals surface area contributed by atoms with Gasteiger partial charge in [0.1, 0.15) is 5.82 Å². The maximum atomic E-state index is 11.9. The largest absolute Gasteiger partial charge is 0.481 e. The Kier molecular flexibility index (Phi) is 3.23. The van der Waals surface area contributed by atoms with E-state index in [1.807, 2.05) is 18.2 Å². The number of rotatable bonds is 4. The van der Waals surface area contributed by atoms with Crippen LogP contribution in [-0.4, -0.2) is 39.0 Å². The molecule has 0 radical (unpaired) electrons. The second-order valence-electron chi connectivity index (χ2n) is 5.19. The number of carboxylic acid groups (broad SMARTS) is 1. The number of aromatic amines is 1. The molecule has 0 unspecified atom stereocenters. The van der Waals surface area contributed by atoms with E-state index in [0.717, 1.165) is 13.1 Å². The van der Waals surface area contributed by atoms with E-state index in [9.17, 15) is 9.59 Å². The SMILES string of the molecule is O=C(O)CC1CN(Cc2nc3ccccc3c(=O)[nH]2)C1. The molecule has 3 rings (SSSR count). The molecule has 2 N–H and O–H groups in total. The van der Waals surface area contributed by atoms with E-state index < -0.39 is 5.97 Å². The van der Waals surface area contributed by atoms with Gasteiger partial charge >= 0.3 is 5.97 Å². The summed E-state index contributed by atoms with van der Waals surface area (Å²) in [5.74, 6) is 0.0778. The van der Waals surface area contributed by atoms with Crippen molar-refractivity contribution in [2.75, 3.05) is 13.1 Å². The smallest absolute Gasteiger partial charge is 0.303 e. The fraction of sp³-hybridized carbons (Fsp3) is 0.357. The third-order valence-corrected chi connectivity index (χ3v) is 3.53. The van der Waals surface area contributed by atoms with Crippen LogP contribution in [0.3, 0.4) is 0 Å². The molecule has 0 amide bonds. The average molecular weight is 273 g/mol. The van der Waals surface area contributed by atoms with Crippen LogP contribution in [0.4, 0.5) is 0 Å². The van der Waals surface area contributed by atoms with E-state index in [4.69, 9.17) is 5.11 Å². The molecule has 0 atom stereocenters. The second-order valence-corrected chi connectivity index (χ2v) is 5.19. The van der Waals surface area contributed by atoms with Crippen molar-refractivity contribution in [3.8, 4) is 0 Å². The first-order valence-corrected chi connectivity index (χ1v) is 6.54. The van der Waals surface area contributed by atoms with E-state index in [2.05, 4.69) is 14.9 Å². The van der Waals surface area contributed by atoms with Gasteiger partial charge in [-0.3, -0.25) is 14.5 Å². The van der Waals surface area contributed by atoms with Crippen LogP contribution in [0.25, 0.3) is 10.9 Å². The molecule has 0 spiro atoms. The lowest BCUT2D eigenvalue weighted by Crippen LogP contribution is -2.47. The van der Waals surface area contributed by atoms with E-state index in [-0.39, 0.29) is 17.9 Å². The van der Waals surface area contributed by atoms with Crippen molar-refractivity contribution in [2.24, 2.45) is 5.92 Å². The van der Waals surface area contributed by atoms with Crippen molar-refractivity contribution in [3.05, 3.63) is 40.4 Å². The zero-order valence-electron chi connectivity index (χ0n) is 10.9. The van der Waals surface area contributed by atoms with E-state index >= 15 is 0 Å². The molecule has 20 heavy (non-hydrogen) atoms. The summed E-state index contributed by atoms with van der Waals surface area (Å²) >= 11 is 0. The number of likely N-dealkylation sites (tertiary alicyclic amines) is 1. The van der Waals surface area contributed by atoms with Crippen molar-refractivity contribution >= 4 is 16.9 Å². The highest BCUT2D eigenvalue weighted by Gasteiger charge is 2.28. The summed E-state index contributed by atoms with van der Waals surface area (Å²) in [5.41, 5.74) is 0.557. The van der Waals surface area contributed by atoms with Gasteiger partial charge in [0.2, 0.25) is 0 Å². The highest BCUT2D eigenvalue weighted by atomic mass is 16.4. The van der Waals surface area contributed by atoms with Crippen LogP contribution in [0.5, 0.6) is 0 Å². The van der Waals surface area contributed by atoms with Crippen molar-refractivity contribution in [3.63, 3.8) is 0 Å². The van der Waals surface area contributed by atoms with Crippen LogP contribution in [0.2, 0.25) is 0 Å². The fourth-order valence-corrected chi connectivity index (χ4v) is 2.60. The number of fused-ring (bicyclic) bond motifs is 1. The van der Waals surface area contributed by atoms with Gasteiger partial charge < -0.3 is 10.1 Å². The third-order valence-electron chi connectivity index (χ3n) is 3.53. The molecule has 0 aliphatic carbocycles. The zero-order chi connectivity index (χ0) is 14.1. The lowest BCUT2D eigenvalue weighted by molar-refractivity contribution is -0.139. The van der Waals surface area contributed by atoms with Gasteiger partial charge in [0.05, 0.1) is 23.9 Å². The predicted molar refractivity (Wildman–Crippen MR) is 73.4 cm³/mol. The summed E-state index contributed by atoms with van der Waals surface area (Å²) in [6, 6.07) is 7.23. The standard InChI is InChI=1S/C14H15N3O3/c18-13(19)5-9-6-17(7-9)8-12-15-11-4-2-1-3-10(11)14(20)16-12/h1-4,9H,5-8H2,(H,18,19)(H,15,16,20). The number of aromatic nitrogens is 2. The molecule has 1 aromatic heterocycles. The number of H-pyrrole nitrogens is 1. The van der Waals surface area contributed by atoms with Crippen molar-refractivity contribution in [1.29, 1.82) is 0 Å². The Bertz CT molecular complexity index is 704.